The molecule has 21 heavy (non-hydrogen) atoms. The van der Waals surface area contributed by atoms with E-state index in [0.717, 1.165) is 0 Å². The molecule has 0 aliphatic heterocycles. The number of rotatable bonds is 8. The Morgan fingerprint density at radius 3 is 2.52 bits per heavy atom. The average molecular weight is 294 g/mol. The molecule has 6 heteroatoms. The summed E-state index contributed by atoms with van der Waals surface area (Å²) in [7, 11) is 0. The second-order valence-corrected chi connectivity index (χ2v) is 4.77. The lowest BCUT2D eigenvalue weighted by Crippen LogP contribution is -2.37. The first kappa shape index (κ1) is 16.9. The summed E-state index contributed by atoms with van der Waals surface area (Å²) in [6.45, 7) is 5.88. The van der Waals surface area contributed by atoms with Gasteiger partial charge in [-0.3, -0.25) is 4.79 Å². The third kappa shape index (κ3) is 3.93. The quantitative estimate of drug-likeness (QED) is 0.716. The first-order valence-corrected chi connectivity index (χ1v) is 7.10. The molecule has 0 aromatic carbocycles. The first-order chi connectivity index (χ1) is 10.0. The Bertz CT molecular complexity index is 498. The summed E-state index contributed by atoms with van der Waals surface area (Å²) in [4.78, 5) is 27.4. The number of carboxylic acid groups (broad SMARTS) is 1. The molecule has 1 aromatic rings. The fourth-order valence-electron chi connectivity index (χ4n) is 2.05. The summed E-state index contributed by atoms with van der Waals surface area (Å²) in [5, 5.41) is 12.4. The number of aromatic nitrogens is 1. The molecule has 1 rings (SSSR count). The van der Waals surface area contributed by atoms with Crippen LogP contribution >= 0.6 is 0 Å². The van der Waals surface area contributed by atoms with Gasteiger partial charge >= 0.3 is 11.9 Å². The number of aliphatic carboxylic acids is 1. The molecule has 0 spiro atoms. The van der Waals surface area contributed by atoms with Crippen LogP contribution in [0.25, 0.3) is 0 Å². The Balaban J connectivity index is 2.93. The molecule has 0 unspecified atom stereocenters. The van der Waals surface area contributed by atoms with Gasteiger partial charge in [0.05, 0.1) is 12.0 Å². The minimum atomic E-state index is -0.872. The van der Waals surface area contributed by atoms with Gasteiger partial charge < -0.3 is 15.2 Å². The maximum atomic E-state index is 11.8. The highest BCUT2D eigenvalue weighted by atomic mass is 16.5. The maximum Gasteiger partial charge on any atom is 0.341 e. The first-order valence-electron chi connectivity index (χ1n) is 7.10. The van der Waals surface area contributed by atoms with Gasteiger partial charge in [0.2, 0.25) is 0 Å². The molecular formula is C15H22N2O4. The molecule has 1 aromatic heterocycles. The molecule has 0 atom stereocenters. The highest BCUT2D eigenvalue weighted by Gasteiger charge is 2.35. The van der Waals surface area contributed by atoms with E-state index in [4.69, 9.17) is 4.74 Å². The van der Waals surface area contributed by atoms with Crippen molar-refractivity contribution in [3.8, 4) is 0 Å². The highest BCUT2D eigenvalue weighted by Crippen LogP contribution is 2.27. The molecule has 0 aliphatic rings. The van der Waals surface area contributed by atoms with Crippen molar-refractivity contribution in [2.24, 2.45) is 5.41 Å². The van der Waals surface area contributed by atoms with Crippen molar-refractivity contribution in [2.45, 2.75) is 33.6 Å². The van der Waals surface area contributed by atoms with E-state index in [9.17, 15) is 14.7 Å². The van der Waals surface area contributed by atoms with Gasteiger partial charge in [-0.2, -0.15) is 0 Å². The van der Waals surface area contributed by atoms with Crippen LogP contribution < -0.4 is 5.32 Å². The molecule has 0 fully saturated rings. The molecule has 2 N–H and O–H groups in total. The number of nitrogens with zero attached hydrogens (tertiary/aromatic N) is 1. The van der Waals surface area contributed by atoms with Crippen LogP contribution in [0, 0.1) is 5.41 Å². The minimum absolute atomic E-state index is 0.207. The van der Waals surface area contributed by atoms with Crippen molar-refractivity contribution in [3.63, 3.8) is 0 Å². The lowest BCUT2D eigenvalue weighted by Gasteiger charge is -2.27. The molecule has 0 saturated carbocycles. The van der Waals surface area contributed by atoms with Gasteiger partial charge in [0.25, 0.3) is 0 Å². The molecular weight excluding hydrogens is 272 g/mol. The lowest BCUT2D eigenvalue weighted by atomic mass is 9.82. The van der Waals surface area contributed by atoms with E-state index < -0.39 is 17.4 Å². The average Bonchev–Trinajstić information content (AvgIpc) is 2.49. The summed E-state index contributed by atoms with van der Waals surface area (Å²) in [5.74, 6) is -0.973. The summed E-state index contributed by atoms with van der Waals surface area (Å²) < 4.78 is 4.97. The number of carbonyl (C=O) groups excluding carboxylic acids is 1. The number of hydrogen-bond donors (Lipinski definition) is 2. The van der Waals surface area contributed by atoms with E-state index in [2.05, 4.69) is 10.3 Å². The van der Waals surface area contributed by atoms with Crippen molar-refractivity contribution >= 4 is 17.8 Å². The Morgan fingerprint density at radius 1 is 1.33 bits per heavy atom. The minimum Gasteiger partial charge on any atom is -0.481 e. The molecule has 6 nitrogen and oxygen atoms in total. The Hall–Kier alpha value is -2.11. The Labute approximate surface area is 124 Å². The van der Waals surface area contributed by atoms with Crippen LogP contribution in [0.1, 0.15) is 44.0 Å². The zero-order chi connectivity index (χ0) is 15.9. The van der Waals surface area contributed by atoms with E-state index in [-0.39, 0.29) is 13.2 Å². The zero-order valence-corrected chi connectivity index (χ0v) is 12.7. The van der Waals surface area contributed by atoms with Crippen molar-refractivity contribution in [3.05, 3.63) is 23.9 Å². The van der Waals surface area contributed by atoms with Crippen LogP contribution in [-0.4, -0.2) is 35.2 Å². The molecule has 116 valence electrons. The summed E-state index contributed by atoms with van der Waals surface area (Å²) in [5.41, 5.74) is -0.561. The van der Waals surface area contributed by atoms with Crippen LogP contribution in [0.4, 0.5) is 5.82 Å². The SMILES string of the molecule is CCOC(=O)c1cccnc1NCC(CC)(CC)C(=O)O. The molecule has 0 radical (unpaired) electrons. The van der Waals surface area contributed by atoms with Crippen LogP contribution in [0.5, 0.6) is 0 Å². The predicted molar refractivity (Wildman–Crippen MR) is 79.3 cm³/mol. The predicted octanol–water partition coefficient (Wildman–Crippen LogP) is 2.56. The van der Waals surface area contributed by atoms with Crippen LogP contribution in [0.3, 0.4) is 0 Å². The molecule has 0 aliphatic carbocycles. The Morgan fingerprint density at radius 2 is 2.00 bits per heavy atom. The van der Waals surface area contributed by atoms with Crippen molar-refractivity contribution in [1.29, 1.82) is 0 Å². The van der Waals surface area contributed by atoms with Gasteiger partial charge in [-0.15, -0.1) is 0 Å². The third-order valence-electron chi connectivity index (χ3n) is 3.70. The number of esters is 1. The van der Waals surface area contributed by atoms with Gasteiger partial charge in [-0.05, 0) is 31.9 Å². The molecule has 1 heterocycles. The van der Waals surface area contributed by atoms with Gasteiger partial charge in [-0.25, -0.2) is 9.78 Å². The van der Waals surface area contributed by atoms with Gasteiger partial charge in [0.1, 0.15) is 11.4 Å². The summed E-state index contributed by atoms with van der Waals surface area (Å²) in [6, 6.07) is 3.25. The van der Waals surface area contributed by atoms with Crippen LogP contribution in [0.15, 0.2) is 18.3 Å². The monoisotopic (exact) mass is 294 g/mol. The number of carboxylic acids is 1. The number of carbonyl (C=O) groups is 2. The van der Waals surface area contributed by atoms with Gasteiger partial charge in [0, 0.05) is 12.7 Å². The summed E-state index contributed by atoms with van der Waals surface area (Å²) in [6.07, 6.45) is 2.53. The highest BCUT2D eigenvalue weighted by molar-refractivity contribution is 5.94. The van der Waals surface area contributed by atoms with E-state index in [0.29, 0.717) is 24.2 Å². The van der Waals surface area contributed by atoms with E-state index in [1.165, 1.54) is 0 Å². The number of ether oxygens (including phenoxy) is 1. The smallest absolute Gasteiger partial charge is 0.341 e. The van der Waals surface area contributed by atoms with Crippen molar-refractivity contribution in [1.82, 2.24) is 4.98 Å². The number of anilines is 1. The zero-order valence-electron chi connectivity index (χ0n) is 12.7. The molecule has 0 saturated heterocycles. The molecule has 0 bridgehead atoms. The molecule has 0 amide bonds. The van der Waals surface area contributed by atoms with Crippen molar-refractivity contribution < 1.29 is 19.4 Å². The number of pyridine rings is 1. The normalized spacial score (nSPS) is 11.0. The van der Waals surface area contributed by atoms with E-state index in [1.54, 1.807) is 25.3 Å². The van der Waals surface area contributed by atoms with Crippen LogP contribution in [0.2, 0.25) is 0 Å². The third-order valence-corrected chi connectivity index (χ3v) is 3.70. The maximum absolute atomic E-state index is 11.8. The number of hydrogen-bond acceptors (Lipinski definition) is 5. The van der Waals surface area contributed by atoms with E-state index >= 15 is 0 Å². The van der Waals surface area contributed by atoms with Crippen LogP contribution in [-0.2, 0) is 9.53 Å². The fourth-order valence-corrected chi connectivity index (χ4v) is 2.05. The lowest BCUT2D eigenvalue weighted by molar-refractivity contribution is -0.148. The standard InChI is InChI=1S/C15H22N2O4/c1-4-15(5-2,14(19)20)10-17-12-11(8-7-9-16-12)13(18)21-6-3/h7-9H,4-6,10H2,1-3H3,(H,16,17)(H,19,20). The second-order valence-electron chi connectivity index (χ2n) is 4.77. The van der Waals surface area contributed by atoms with Gasteiger partial charge in [-0.1, -0.05) is 13.8 Å². The Kier molecular flexibility index (Phi) is 6.14. The van der Waals surface area contributed by atoms with Crippen molar-refractivity contribution in [2.75, 3.05) is 18.5 Å². The largest absolute Gasteiger partial charge is 0.481 e. The topological polar surface area (TPSA) is 88.5 Å². The second kappa shape index (κ2) is 7.61. The fraction of sp³-hybridized carbons (Fsp3) is 0.533. The summed E-state index contributed by atoms with van der Waals surface area (Å²) >= 11 is 0. The number of nitrogens with one attached hydrogen (secondary N) is 1. The van der Waals surface area contributed by atoms with Gasteiger partial charge in [0.15, 0.2) is 0 Å². The van der Waals surface area contributed by atoms with E-state index in [1.807, 2.05) is 13.8 Å².